The molecule has 0 saturated heterocycles. The second-order valence-corrected chi connectivity index (χ2v) is 4.22. The molecule has 2 heterocycles. The van der Waals surface area contributed by atoms with Crippen LogP contribution in [0.1, 0.15) is 18.5 Å². The number of nitrogens with zero attached hydrogens (tertiary/aromatic N) is 3. The summed E-state index contributed by atoms with van der Waals surface area (Å²) >= 11 is 3.35. The third kappa shape index (κ3) is 2.08. The first-order valence-electron chi connectivity index (χ1n) is 4.59. The quantitative estimate of drug-likeness (QED) is 0.905. The number of pyridine rings is 1. The highest BCUT2D eigenvalue weighted by atomic mass is 79.9. The molecule has 4 nitrogen and oxygen atoms in total. The van der Waals surface area contributed by atoms with Gasteiger partial charge in [0.15, 0.2) is 5.82 Å². The number of hydrogen-bond acceptors (Lipinski definition) is 3. The van der Waals surface area contributed by atoms with Gasteiger partial charge < -0.3 is 5.73 Å². The van der Waals surface area contributed by atoms with Gasteiger partial charge in [0.05, 0.1) is 10.7 Å². The first-order valence-corrected chi connectivity index (χ1v) is 5.39. The Kier molecular flexibility index (Phi) is 2.83. The third-order valence-electron chi connectivity index (χ3n) is 2.08. The van der Waals surface area contributed by atoms with E-state index in [1.807, 2.05) is 25.3 Å². The van der Waals surface area contributed by atoms with Crippen molar-refractivity contribution in [2.75, 3.05) is 0 Å². The molecule has 2 aromatic rings. The summed E-state index contributed by atoms with van der Waals surface area (Å²) in [4.78, 5) is 4.28. The van der Waals surface area contributed by atoms with Crippen LogP contribution in [0.15, 0.2) is 35.2 Å². The zero-order chi connectivity index (χ0) is 10.8. The van der Waals surface area contributed by atoms with E-state index in [2.05, 4.69) is 26.0 Å². The van der Waals surface area contributed by atoms with Crippen LogP contribution in [-0.4, -0.2) is 14.8 Å². The maximum atomic E-state index is 5.87. The molecule has 0 aliphatic rings. The minimum absolute atomic E-state index is 0.0586. The summed E-state index contributed by atoms with van der Waals surface area (Å²) in [6.07, 6.45) is 5.31. The van der Waals surface area contributed by atoms with Crippen molar-refractivity contribution < 1.29 is 0 Å². The van der Waals surface area contributed by atoms with Gasteiger partial charge in [-0.2, -0.15) is 5.10 Å². The maximum Gasteiger partial charge on any atom is 0.158 e. The number of nitrogens with two attached hydrogens (primary N) is 1. The van der Waals surface area contributed by atoms with E-state index < -0.39 is 0 Å². The molecule has 0 amide bonds. The van der Waals surface area contributed by atoms with Gasteiger partial charge in [0, 0.05) is 24.0 Å². The second-order valence-electron chi connectivity index (χ2n) is 3.31. The van der Waals surface area contributed by atoms with Crippen molar-refractivity contribution in [3.63, 3.8) is 0 Å². The number of hydrogen-bond donors (Lipinski definition) is 1. The molecule has 0 bridgehead atoms. The molecule has 2 rings (SSSR count). The van der Waals surface area contributed by atoms with Crippen molar-refractivity contribution in [3.8, 4) is 5.82 Å². The topological polar surface area (TPSA) is 56.7 Å². The first kappa shape index (κ1) is 10.3. The summed E-state index contributed by atoms with van der Waals surface area (Å²) in [7, 11) is 0. The van der Waals surface area contributed by atoms with E-state index in [0.717, 1.165) is 15.9 Å². The molecule has 0 fully saturated rings. The molecule has 0 aromatic carbocycles. The molecule has 0 aliphatic heterocycles. The lowest BCUT2D eigenvalue weighted by Crippen LogP contribution is -2.11. The van der Waals surface area contributed by atoms with Crippen LogP contribution in [0.4, 0.5) is 0 Å². The SMILES string of the molecule is C[C@H](N)c1cccnc1-n1cc(Br)cn1. The summed E-state index contributed by atoms with van der Waals surface area (Å²) in [6.45, 7) is 1.93. The fourth-order valence-electron chi connectivity index (χ4n) is 1.37. The standard InChI is InChI=1S/C10H11BrN4/c1-7(12)9-3-2-4-13-10(9)15-6-8(11)5-14-15/h2-7H,12H2,1H3/t7-/m0/s1. The molecule has 0 unspecified atom stereocenters. The van der Waals surface area contributed by atoms with Gasteiger partial charge in [-0.15, -0.1) is 0 Å². The van der Waals surface area contributed by atoms with Crippen molar-refractivity contribution in [3.05, 3.63) is 40.8 Å². The maximum absolute atomic E-state index is 5.87. The van der Waals surface area contributed by atoms with Gasteiger partial charge in [0.25, 0.3) is 0 Å². The lowest BCUT2D eigenvalue weighted by Gasteiger charge is -2.10. The highest BCUT2D eigenvalue weighted by Gasteiger charge is 2.09. The molecule has 2 aromatic heterocycles. The van der Waals surface area contributed by atoms with Gasteiger partial charge in [-0.1, -0.05) is 6.07 Å². The summed E-state index contributed by atoms with van der Waals surface area (Å²) in [5.74, 6) is 0.776. The zero-order valence-corrected chi connectivity index (χ0v) is 9.85. The fourth-order valence-corrected chi connectivity index (χ4v) is 1.66. The lowest BCUT2D eigenvalue weighted by atomic mass is 10.1. The Balaban J connectivity index is 2.52. The molecular formula is C10H11BrN4. The van der Waals surface area contributed by atoms with Crippen molar-refractivity contribution in [2.45, 2.75) is 13.0 Å². The smallest absolute Gasteiger partial charge is 0.158 e. The number of rotatable bonds is 2. The van der Waals surface area contributed by atoms with Gasteiger partial charge in [-0.05, 0) is 28.9 Å². The average Bonchev–Trinajstić information content (AvgIpc) is 2.65. The Morgan fingerprint density at radius 3 is 2.93 bits per heavy atom. The van der Waals surface area contributed by atoms with Crippen LogP contribution in [-0.2, 0) is 0 Å². The van der Waals surface area contributed by atoms with Gasteiger partial charge in [0.2, 0.25) is 0 Å². The molecule has 0 saturated carbocycles. The van der Waals surface area contributed by atoms with E-state index in [4.69, 9.17) is 5.73 Å². The molecule has 5 heteroatoms. The van der Waals surface area contributed by atoms with Crippen LogP contribution in [0.25, 0.3) is 5.82 Å². The molecular weight excluding hydrogens is 256 g/mol. The van der Waals surface area contributed by atoms with E-state index in [9.17, 15) is 0 Å². The Bertz CT molecular complexity index is 464. The largest absolute Gasteiger partial charge is 0.324 e. The molecule has 0 aliphatic carbocycles. The van der Waals surface area contributed by atoms with Crippen LogP contribution >= 0.6 is 15.9 Å². The van der Waals surface area contributed by atoms with Gasteiger partial charge in [0.1, 0.15) is 0 Å². The number of halogens is 1. The van der Waals surface area contributed by atoms with Gasteiger partial charge in [-0.25, -0.2) is 9.67 Å². The van der Waals surface area contributed by atoms with E-state index in [1.54, 1.807) is 17.1 Å². The predicted octanol–water partition coefficient (Wildman–Crippen LogP) is 2.05. The lowest BCUT2D eigenvalue weighted by molar-refractivity contribution is 0.761. The minimum Gasteiger partial charge on any atom is -0.324 e. The predicted molar refractivity (Wildman–Crippen MR) is 61.7 cm³/mol. The van der Waals surface area contributed by atoms with E-state index in [1.165, 1.54) is 0 Å². The van der Waals surface area contributed by atoms with Crippen molar-refractivity contribution in [2.24, 2.45) is 5.73 Å². The van der Waals surface area contributed by atoms with Crippen molar-refractivity contribution >= 4 is 15.9 Å². The third-order valence-corrected chi connectivity index (χ3v) is 2.49. The molecule has 1 atom stereocenters. The summed E-state index contributed by atoms with van der Waals surface area (Å²) in [5.41, 5.74) is 6.85. The minimum atomic E-state index is -0.0586. The van der Waals surface area contributed by atoms with E-state index in [0.29, 0.717) is 0 Å². The van der Waals surface area contributed by atoms with Crippen LogP contribution in [0, 0.1) is 0 Å². The zero-order valence-electron chi connectivity index (χ0n) is 8.26. The molecule has 15 heavy (non-hydrogen) atoms. The van der Waals surface area contributed by atoms with Crippen LogP contribution < -0.4 is 5.73 Å². The average molecular weight is 267 g/mol. The Labute approximate surface area is 96.3 Å². The summed E-state index contributed by atoms with van der Waals surface area (Å²) < 4.78 is 2.63. The van der Waals surface area contributed by atoms with Crippen molar-refractivity contribution in [1.82, 2.24) is 14.8 Å². The molecule has 2 N–H and O–H groups in total. The Hall–Kier alpha value is -1.20. The monoisotopic (exact) mass is 266 g/mol. The van der Waals surface area contributed by atoms with E-state index in [-0.39, 0.29) is 6.04 Å². The first-order chi connectivity index (χ1) is 7.18. The normalized spacial score (nSPS) is 12.7. The van der Waals surface area contributed by atoms with Gasteiger partial charge in [-0.3, -0.25) is 0 Å². The fraction of sp³-hybridized carbons (Fsp3) is 0.200. The Morgan fingerprint density at radius 1 is 1.53 bits per heavy atom. The highest BCUT2D eigenvalue weighted by molar-refractivity contribution is 9.10. The number of aromatic nitrogens is 3. The van der Waals surface area contributed by atoms with Gasteiger partial charge >= 0.3 is 0 Å². The van der Waals surface area contributed by atoms with Crippen LogP contribution in [0.3, 0.4) is 0 Å². The summed E-state index contributed by atoms with van der Waals surface area (Å²) in [5, 5.41) is 4.18. The molecule has 0 radical (unpaired) electrons. The second kappa shape index (κ2) is 4.12. The van der Waals surface area contributed by atoms with E-state index >= 15 is 0 Å². The highest BCUT2D eigenvalue weighted by Crippen LogP contribution is 2.18. The van der Waals surface area contributed by atoms with Crippen molar-refractivity contribution in [1.29, 1.82) is 0 Å². The van der Waals surface area contributed by atoms with Crippen LogP contribution in [0.5, 0.6) is 0 Å². The summed E-state index contributed by atoms with van der Waals surface area (Å²) in [6, 6.07) is 3.78. The molecule has 78 valence electrons. The van der Waals surface area contributed by atoms with Crippen LogP contribution in [0.2, 0.25) is 0 Å². The molecule has 0 spiro atoms. The Morgan fingerprint density at radius 2 is 2.33 bits per heavy atom.